The highest BCUT2D eigenvalue weighted by molar-refractivity contribution is 7.13. The van der Waals surface area contributed by atoms with Gasteiger partial charge in [-0.05, 0) is 91.6 Å². The Bertz CT molecular complexity index is 1550. The lowest BCUT2D eigenvalue weighted by Crippen LogP contribution is -2.59. The van der Waals surface area contributed by atoms with Crippen LogP contribution in [0.25, 0.3) is 10.4 Å². The number of carbonyl (C=O) groups excluding carboxylic acids is 3. The summed E-state index contributed by atoms with van der Waals surface area (Å²) in [6, 6.07) is 5.89. The Morgan fingerprint density at radius 2 is 1.62 bits per heavy atom. The standard InChI is InChI=1S/C37H50N4O6S/c1-21(25-6-8-26(9-7-25)31-22(2)38-20-48-31)39-33(46)28-11-27(42)18-41(28)34(47)32(35(3,4)5)40-29(43)16-36-12-23-10-24(13-36)15-37(14-23,19-36)17-30(44)45/h6-9,20-21,23-24,27-28,32,42H,10-19H2,1-5H3,(H,39,46)(H,40,43)(H,44,45)/t21-,23+,24?,27+,28-,32+,36?,37?/m0/s1. The fourth-order valence-corrected chi connectivity index (χ4v) is 10.8. The minimum Gasteiger partial charge on any atom is -0.481 e. The van der Waals surface area contributed by atoms with E-state index >= 15 is 0 Å². The first-order valence-electron chi connectivity index (χ1n) is 17.4. The number of amides is 3. The maximum absolute atomic E-state index is 14.2. The number of β-amino-alcohol motifs (C(OH)–C–C–N with tert-alkyl or cyclic N) is 1. The van der Waals surface area contributed by atoms with Gasteiger partial charge in [0.05, 0.1) is 34.6 Å². The number of aryl methyl sites for hydroxylation is 1. The maximum atomic E-state index is 14.2. The lowest BCUT2D eigenvalue weighted by Gasteiger charge is -2.62. The van der Waals surface area contributed by atoms with Crippen molar-refractivity contribution in [2.24, 2.45) is 28.1 Å². The van der Waals surface area contributed by atoms with E-state index in [2.05, 4.69) is 15.6 Å². The fraction of sp³-hybridized carbons (Fsp3) is 0.649. The zero-order valence-corrected chi connectivity index (χ0v) is 29.6. The molecular formula is C37H50N4O6S. The van der Waals surface area contributed by atoms with Crippen LogP contribution < -0.4 is 10.6 Å². The SMILES string of the molecule is Cc1ncsc1-c1ccc([C@H](C)NC(=O)[C@@H]2C[C@@H](O)CN2C(=O)[C@@H](NC(=O)CC23CC4C[C@@H](CC(CC(=O)O)(C4)C2)C3)C(C)(C)C)cc1. The summed E-state index contributed by atoms with van der Waals surface area (Å²) in [5.41, 5.74) is 3.64. The lowest BCUT2D eigenvalue weighted by molar-refractivity contribution is -0.156. The van der Waals surface area contributed by atoms with E-state index in [0.717, 1.165) is 60.2 Å². The number of likely N-dealkylation sites (tertiary alicyclic amines) is 1. The summed E-state index contributed by atoms with van der Waals surface area (Å²) in [6.45, 7) is 9.56. The number of rotatable bonds is 10. The largest absolute Gasteiger partial charge is 0.481 e. The van der Waals surface area contributed by atoms with Gasteiger partial charge in [0.2, 0.25) is 17.7 Å². The molecule has 11 heteroatoms. The van der Waals surface area contributed by atoms with Crippen LogP contribution in [0.3, 0.4) is 0 Å². The van der Waals surface area contributed by atoms with E-state index in [1.165, 1.54) is 4.90 Å². The van der Waals surface area contributed by atoms with Crippen LogP contribution in [0.1, 0.15) is 103 Å². The van der Waals surface area contributed by atoms with Crippen LogP contribution in [0.5, 0.6) is 0 Å². The van der Waals surface area contributed by atoms with E-state index in [9.17, 15) is 29.4 Å². The van der Waals surface area contributed by atoms with Crippen molar-refractivity contribution >= 4 is 35.0 Å². The molecule has 1 aliphatic heterocycles. The average molecular weight is 679 g/mol. The van der Waals surface area contributed by atoms with Crippen molar-refractivity contribution < 1.29 is 29.4 Å². The molecule has 2 aromatic rings. The summed E-state index contributed by atoms with van der Waals surface area (Å²) < 4.78 is 0. The number of benzene rings is 1. The minimum atomic E-state index is -0.896. The molecule has 1 saturated heterocycles. The molecule has 4 saturated carbocycles. The molecule has 1 aromatic carbocycles. The highest BCUT2D eigenvalue weighted by Gasteiger charge is 2.58. The molecular weight excluding hydrogens is 628 g/mol. The van der Waals surface area contributed by atoms with Crippen molar-refractivity contribution in [3.8, 4) is 10.4 Å². The molecule has 4 bridgehead atoms. The van der Waals surface area contributed by atoms with Gasteiger partial charge in [0, 0.05) is 19.4 Å². The molecule has 4 aliphatic carbocycles. The van der Waals surface area contributed by atoms with Gasteiger partial charge in [0.25, 0.3) is 0 Å². The topological polar surface area (TPSA) is 149 Å². The van der Waals surface area contributed by atoms with Gasteiger partial charge in [-0.15, -0.1) is 11.3 Å². The molecule has 2 heterocycles. The molecule has 0 radical (unpaired) electrons. The van der Waals surface area contributed by atoms with Crippen molar-refractivity contribution in [3.05, 3.63) is 41.0 Å². The molecule has 5 aliphatic rings. The molecule has 3 unspecified atom stereocenters. The Morgan fingerprint density at radius 3 is 2.19 bits per heavy atom. The summed E-state index contributed by atoms with van der Waals surface area (Å²) in [4.78, 5) is 60.3. The predicted octanol–water partition coefficient (Wildman–Crippen LogP) is 5.24. The highest BCUT2D eigenvalue weighted by atomic mass is 32.1. The van der Waals surface area contributed by atoms with Gasteiger partial charge >= 0.3 is 5.97 Å². The molecule has 0 spiro atoms. The Kier molecular flexibility index (Phi) is 9.26. The van der Waals surface area contributed by atoms with Crippen molar-refractivity contribution in [2.45, 2.75) is 117 Å². The van der Waals surface area contributed by atoms with E-state index in [1.54, 1.807) is 11.3 Å². The second-order valence-electron chi connectivity index (χ2n) is 16.6. The fourth-order valence-electron chi connectivity index (χ4n) is 9.95. The maximum Gasteiger partial charge on any atom is 0.303 e. The number of nitrogens with one attached hydrogen (secondary N) is 2. The van der Waals surface area contributed by atoms with Gasteiger partial charge in [0.15, 0.2) is 0 Å². The van der Waals surface area contributed by atoms with Crippen molar-refractivity contribution in [3.63, 3.8) is 0 Å². The number of aliphatic hydroxyl groups excluding tert-OH is 1. The molecule has 5 fully saturated rings. The third-order valence-electron chi connectivity index (χ3n) is 11.4. The predicted molar refractivity (Wildman–Crippen MR) is 183 cm³/mol. The van der Waals surface area contributed by atoms with Crippen molar-refractivity contribution in [1.29, 1.82) is 0 Å². The first kappa shape index (κ1) is 34.5. The monoisotopic (exact) mass is 678 g/mol. The number of nitrogens with zero attached hydrogens (tertiary/aromatic N) is 2. The van der Waals surface area contributed by atoms with E-state index < -0.39 is 29.6 Å². The van der Waals surface area contributed by atoms with Gasteiger partial charge in [0.1, 0.15) is 12.1 Å². The van der Waals surface area contributed by atoms with Gasteiger partial charge in [-0.2, -0.15) is 0 Å². The van der Waals surface area contributed by atoms with Gasteiger partial charge in [-0.25, -0.2) is 4.98 Å². The third kappa shape index (κ3) is 7.04. The van der Waals surface area contributed by atoms with Crippen LogP contribution in [0, 0.1) is 35.0 Å². The summed E-state index contributed by atoms with van der Waals surface area (Å²) >= 11 is 1.58. The molecule has 260 valence electrons. The molecule has 3 amide bonds. The molecule has 1 aromatic heterocycles. The number of carbonyl (C=O) groups is 4. The van der Waals surface area contributed by atoms with Crippen LogP contribution in [0.2, 0.25) is 0 Å². The van der Waals surface area contributed by atoms with E-state index in [0.29, 0.717) is 11.8 Å². The highest BCUT2D eigenvalue weighted by Crippen LogP contribution is 2.67. The normalized spacial score (nSPS) is 30.6. The van der Waals surface area contributed by atoms with Crippen LogP contribution in [-0.4, -0.2) is 68.5 Å². The van der Waals surface area contributed by atoms with Gasteiger partial charge in [-0.1, -0.05) is 45.0 Å². The summed E-state index contributed by atoms with van der Waals surface area (Å²) in [5, 5.41) is 26.4. The first-order valence-corrected chi connectivity index (χ1v) is 18.2. The average Bonchev–Trinajstić information content (AvgIpc) is 3.58. The summed E-state index contributed by atoms with van der Waals surface area (Å²) in [7, 11) is 0. The number of carboxylic acid groups (broad SMARTS) is 1. The van der Waals surface area contributed by atoms with E-state index in [1.807, 2.05) is 64.4 Å². The minimum absolute atomic E-state index is 0.0155. The third-order valence-corrected chi connectivity index (χ3v) is 12.4. The van der Waals surface area contributed by atoms with Crippen LogP contribution in [0.15, 0.2) is 29.8 Å². The van der Waals surface area contributed by atoms with E-state index in [-0.39, 0.29) is 60.4 Å². The van der Waals surface area contributed by atoms with Crippen molar-refractivity contribution in [1.82, 2.24) is 20.5 Å². The molecule has 10 nitrogen and oxygen atoms in total. The summed E-state index contributed by atoms with van der Waals surface area (Å²) in [5.74, 6) is -0.792. The number of hydrogen-bond acceptors (Lipinski definition) is 7. The second kappa shape index (κ2) is 12.9. The van der Waals surface area contributed by atoms with E-state index in [4.69, 9.17) is 0 Å². The van der Waals surface area contributed by atoms with Gasteiger partial charge < -0.3 is 25.7 Å². The smallest absolute Gasteiger partial charge is 0.303 e. The molecule has 48 heavy (non-hydrogen) atoms. The molecule has 8 atom stereocenters. The molecule has 4 N–H and O–H groups in total. The summed E-state index contributed by atoms with van der Waals surface area (Å²) in [6.07, 6.45) is 5.28. The Balaban J connectivity index is 1.12. The lowest BCUT2D eigenvalue weighted by atomic mass is 9.43. The quantitative estimate of drug-likeness (QED) is 0.269. The van der Waals surface area contributed by atoms with Gasteiger partial charge in [-0.3, -0.25) is 19.2 Å². The number of aliphatic carboxylic acids is 1. The number of hydrogen-bond donors (Lipinski definition) is 4. The number of aliphatic hydroxyl groups is 1. The number of aromatic nitrogens is 1. The number of carboxylic acids is 1. The zero-order valence-electron chi connectivity index (χ0n) is 28.8. The van der Waals surface area contributed by atoms with Crippen LogP contribution in [-0.2, 0) is 19.2 Å². The Labute approximate surface area is 287 Å². The number of thiazole rings is 1. The first-order chi connectivity index (χ1) is 22.6. The van der Waals surface area contributed by atoms with Crippen LogP contribution >= 0.6 is 11.3 Å². The Morgan fingerprint density at radius 1 is 1.00 bits per heavy atom. The van der Waals surface area contributed by atoms with Crippen LogP contribution in [0.4, 0.5) is 0 Å². The molecule has 7 rings (SSSR count). The Hall–Kier alpha value is -3.31. The zero-order chi connectivity index (χ0) is 34.6. The van der Waals surface area contributed by atoms with Crippen molar-refractivity contribution in [2.75, 3.05) is 6.54 Å². The second-order valence-corrected chi connectivity index (χ2v) is 17.4.